The number of esters is 1. The molecule has 1 aromatic carbocycles. The molecule has 3 rings (SSSR count). The van der Waals surface area contributed by atoms with Gasteiger partial charge in [-0.15, -0.1) is 0 Å². The second-order valence-electron chi connectivity index (χ2n) is 6.22. The number of ether oxygens (including phenoxy) is 1. The van der Waals surface area contributed by atoms with Gasteiger partial charge < -0.3 is 10.1 Å². The Labute approximate surface area is 174 Å². The van der Waals surface area contributed by atoms with Crippen molar-refractivity contribution in [3.63, 3.8) is 0 Å². The molecule has 30 heavy (non-hydrogen) atoms. The highest BCUT2D eigenvalue weighted by atomic mass is 35.5. The normalized spacial score (nSPS) is 11.4. The van der Waals surface area contributed by atoms with Crippen LogP contribution in [0.15, 0.2) is 36.5 Å². The summed E-state index contributed by atoms with van der Waals surface area (Å²) in [5.74, 6) is -0.364. The molecule has 0 bridgehead atoms. The van der Waals surface area contributed by atoms with Gasteiger partial charge in [0.15, 0.2) is 5.69 Å². The molecule has 11 heteroatoms. The maximum absolute atomic E-state index is 12.9. The van der Waals surface area contributed by atoms with Gasteiger partial charge in [0.1, 0.15) is 11.4 Å². The van der Waals surface area contributed by atoms with E-state index in [9.17, 15) is 18.0 Å². The number of rotatable bonds is 6. The highest BCUT2D eigenvalue weighted by Crippen LogP contribution is 2.29. The maximum atomic E-state index is 12.9. The quantitative estimate of drug-likeness (QED) is 0.452. The van der Waals surface area contributed by atoms with E-state index in [0.29, 0.717) is 11.4 Å². The van der Waals surface area contributed by atoms with E-state index in [1.54, 1.807) is 38.1 Å². The fourth-order valence-corrected chi connectivity index (χ4v) is 2.80. The summed E-state index contributed by atoms with van der Waals surface area (Å²) in [6, 6.07) is 7.74. The smallest absolute Gasteiger partial charge is 0.435 e. The van der Waals surface area contributed by atoms with E-state index in [1.165, 1.54) is 10.9 Å². The number of nitrogens with one attached hydrogen (secondary N) is 1. The minimum absolute atomic E-state index is 0.0319. The fraction of sp³-hybridized carbons (Fsp3) is 0.263. The van der Waals surface area contributed by atoms with Gasteiger partial charge >= 0.3 is 12.1 Å². The third-order valence-electron chi connectivity index (χ3n) is 4.07. The van der Waals surface area contributed by atoms with Gasteiger partial charge in [0.05, 0.1) is 12.3 Å². The zero-order valence-electron chi connectivity index (χ0n) is 16.0. The highest BCUT2D eigenvalue weighted by Gasteiger charge is 2.34. The summed E-state index contributed by atoms with van der Waals surface area (Å²) in [4.78, 5) is 19.8. The summed E-state index contributed by atoms with van der Waals surface area (Å²) in [6.45, 7) is 3.72. The van der Waals surface area contributed by atoms with Gasteiger partial charge in [0.25, 0.3) is 0 Å². The Morgan fingerprint density at radius 1 is 1.27 bits per heavy atom. The minimum Gasteiger partial charge on any atom is -0.462 e. The van der Waals surface area contributed by atoms with Crippen LogP contribution in [0.3, 0.4) is 0 Å². The molecule has 0 aliphatic heterocycles. The van der Waals surface area contributed by atoms with Crippen molar-refractivity contribution in [2.75, 3.05) is 11.9 Å². The topological polar surface area (TPSA) is 81.9 Å². The molecule has 0 radical (unpaired) electrons. The van der Waals surface area contributed by atoms with Crippen molar-refractivity contribution in [1.29, 1.82) is 0 Å². The van der Waals surface area contributed by atoms with Crippen LogP contribution in [0, 0.1) is 6.92 Å². The Bertz CT molecular complexity index is 1050. The number of hydrogen-bond donors (Lipinski definition) is 1. The van der Waals surface area contributed by atoms with E-state index >= 15 is 0 Å². The molecule has 1 N–H and O–H groups in total. The van der Waals surface area contributed by atoms with Crippen LogP contribution >= 0.6 is 11.6 Å². The first-order valence-corrected chi connectivity index (χ1v) is 9.23. The average molecular weight is 440 g/mol. The van der Waals surface area contributed by atoms with Crippen LogP contribution in [0.1, 0.15) is 34.2 Å². The summed E-state index contributed by atoms with van der Waals surface area (Å²) < 4.78 is 44.8. The molecule has 7 nitrogen and oxygen atoms in total. The Morgan fingerprint density at radius 3 is 2.57 bits per heavy atom. The number of nitrogens with zero attached hydrogens (tertiary/aromatic N) is 4. The molecule has 0 fully saturated rings. The third-order valence-corrected chi connectivity index (χ3v) is 4.26. The maximum Gasteiger partial charge on any atom is 0.435 e. The number of hydrogen-bond acceptors (Lipinski definition) is 6. The first-order chi connectivity index (χ1) is 14.2. The molecule has 0 amide bonds. The van der Waals surface area contributed by atoms with Crippen molar-refractivity contribution in [3.8, 4) is 5.69 Å². The molecule has 158 valence electrons. The third kappa shape index (κ3) is 4.88. The SMILES string of the molecule is CCOC(=O)c1cnc(Cl)nc1NCc1ccc(-n2nc(C(F)(F)F)cc2C)cc1. The first-order valence-electron chi connectivity index (χ1n) is 8.85. The molecule has 0 saturated carbocycles. The van der Waals surface area contributed by atoms with Crippen LogP contribution in [0.25, 0.3) is 5.69 Å². The number of anilines is 1. The Balaban J connectivity index is 1.76. The summed E-state index contributed by atoms with van der Waals surface area (Å²) in [7, 11) is 0. The summed E-state index contributed by atoms with van der Waals surface area (Å²) in [6.07, 6.45) is -3.23. The van der Waals surface area contributed by atoms with E-state index in [4.69, 9.17) is 16.3 Å². The van der Waals surface area contributed by atoms with Crippen molar-refractivity contribution in [2.24, 2.45) is 0 Å². The predicted octanol–water partition coefficient (Wildman–Crippen LogP) is 4.43. The molecule has 0 aliphatic rings. The lowest BCUT2D eigenvalue weighted by molar-refractivity contribution is -0.141. The Hall–Kier alpha value is -3.14. The molecule has 0 saturated heterocycles. The van der Waals surface area contributed by atoms with Crippen LogP contribution in [0.4, 0.5) is 19.0 Å². The van der Waals surface area contributed by atoms with Crippen LogP contribution in [-0.4, -0.2) is 32.3 Å². The minimum atomic E-state index is -4.50. The molecular weight excluding hydrogens is 423 g/mol. The predicted molar refractivity (Wildman–Crippen MR) is 104 cm³/mol. The van der Waals surface area contributed by atoms with Gasteiger partial charge in [-0.3, -0.25) is 0 Å². The number of aromatic nitrogens is 4. The number of carbonyl (C=O) groups is 1. The van der Waals surface area contributed by atoms with Crippen LogP contribution < -0.4 is 5.32 Å². The number of halogens is 4. The van der Waals surface area contributed by atoms with Gasteiger partial charge in [0.2, 0.25) is 5.28 Å². The molecule has 0 aliphatic carbocycles. The molecule has 0 unspecified atom stereocenters. The second kappa shape index (κ2) is 8.70. The number of alkyl halides is 3. The monoisotopic (exact) mass is 439 g/mol. The molecule has 3 aromatic rings. The lowest BCUT2D eigenvalue weighted by atomic mass is 10.2. The number of benzene rings is 1. The van der Waals surface area contributed by atoms with Crippen molar-refractivity contribution < 1.29 is 22.7 Å². The standard InChI is InChI=1S/C19H17ClF3N5O2/c1-3-30-17(29)14-10-25-18(20)26-16(14)24-9-12-4-6-13(7-5-12)28-11(2)8-15(27-28)19(21,22)23/h4-8,10H,3,9H2,1-2H3,(H,24,25,26). The average Bonchev–Trinajstić information content (AvgIpc) is 3.09. The number of aryl methyl sites for hydroxylation is 1. The zero-order chi connectivity index (χ0) is 21.9. The van der Waals surface area contributed by atoms with E-state index in [1.807, 2.05) is 0 Å². The fourth-order valence-electron chi connectivity index (χ4n) is 2.67. The molecule has 2 aromatic heterocycles. The largest absolute Gasteiger partial charge is 0.462 e. The Kier molecular flexibility index (Phi) is 6.25. The van der Waals surface area contributed by atoms with Gasteiger partial charge in [0, 0.05) is 18.4 Å². The van der Waals surface area contributed by atoms with Crippen LogP contribution in [0.5, 0.6) is 0 Å². The van der Waals surface area contributed by atoms with E-state index in [-0.39, 0.29) is 29.8 Å². The second-order valence-corrected chi connectivity index (χ2v) is 6.56. The lowest BCUT2D eigenvalue weighted by Crippen LogP contribution is -2.12. The zero-order valence-corrected chi connectivity index (χ0v) is 16.8. The van der Waals surface area contributed by atoms with Crippen molar-refractivity contribution in [2.45, 2.75) is 26.6 Å². The summed E-state index contributed by atoms with van der Waals surface area (Å²) in [5, 5.41) is 6.59. The van der Waals surface area contributed by atoms with Crippen molar-refractivity contribution >= 4 is 23.4 Å². The van der Waals surface area contributed by atoms with E-state index in [2.05, 4.69) is 20.4 Å². The van der Waals surface area contributed by atoms with Crippen molar-refractivity contribution in [3.05, 3.63) is 64.3 Å². The molecule has 0 spiro atoms. The number of carbonyl (C=O) groups excluding carboxylic acids is 1. The molecular formula is C19H17ClF3N5O2. The highest BCUT2D eigenvalue weighted by molar-refractivity contribution is 6.28. The Morgan fingerprint density at radius 2 is 1.97 bits per heavy atom. The van der Waals surface area contributed by atoms with Gasteiger partial charge in [-0.25, -0.2) is 14.5 Å². The van der Waals surface area contributed by atoms with E-state index in [0.717, 1.165) is 11.6 Å². The summed E-state index contributed by atoms with van der Waals surface area (Å²) in [5.41, 5.74) is 0.846. The van der Waals surface area contributed by atoms with Crippen molar-refractivity contribution in [1.82, 2.24) is 19.7 Å². The van der Waals surface area contributed by atoms with Gasteiger partial charge in [-0.2, -0.15) is 23.3 Å². The van der Waals surface area contributed by atoms with E-state index < -0.39 is 17.8 Å². The molecule has 2 heterocycles. The lowest BCUT2D eigenvalue weighted by Gasteiger charge is -2.11. The summed E-state index contributed by atoms with van der Waals surface area (Å²) >= 11 is 5.81. The molecule has 0 atom stereocenters. The van der Waals surface area contributed by atoms with Crippen LogP contribution in [0.2, 0.25) is 5.28 Å². The van der Waals surface area contributed by atoms with Gasteiger partial charge in [-0.05, 0) is 49.2 Å². The van der Waals surface area contributed by atoms with Crippen LogP contribution in [-0.2, 0) is 17.5 Å². The first kappa shape index (κ1) is 21.6. The van der Waals surface area contributed by atoms with Gasteiger partial charge in [-0.1, -0.05) is 12.1 Å².